The standard InChI is InChI=1S/C16H20Cl2O2/c1-20-16(19)14(8-6-11-4-2-3-5-11)13-9-7-12(17)10-15(13)18/h7,9-11,14H,2-6,8H2,1H3. The van der Waals surface area contributed by atoms with Crippen LogP contribution in [0.15, 0.2) is 18.2 Å². The number of hydrogen-bond donors (Lipinski definition) is 0. The monoisotopic (exact) mass is 314 g/mol. The molecule has 1 atom stereocenters. The molecular formula is C16H20Cl2O2. The van der Waals surface area contributed by atoms with E-state index in [1.807, 2.05) is 6.07 Å². The van der Waals surface area contributed by atoms with Crippen LogP contribution < -0.4 is 0 Å². The van der Waals surface area contributed by atoms with Crippen molar-refractivity contribution < 1.29 is 9.53 Å². The first-order valence-electron chi connectivity index (χ1n) is 7.14. The van der Waals surface area contributed by atoms with Gasteiger partial charge in [0.2, 0.25) is 0 Å². The van der Waals surface area contributed by atoms with Gasteiger partial charge < -0.3 is 4.74 Å². The Morgan fingerprint density at radius 2 is 2.05 bits per heavy atom. The molecule has 1 fully saturated rings. The fourth-order valence-electron chi connectivity index (χ4n) is 3.03. The number of benzene rings is 1. The summed E-state index contributed by atoms with van der Waals surface area (Å²) >= 11 is 12.1. The Hall–Kier alpha value is -0.730. The first kappa shape index (κ1) is 15.7. The molecule has 1 unspecified atom stereocenters. The lowest BCUT2D eigenvalue weighted by Gasteiger charge is -2.18. The SMILES string of the molecule is COC(=O)C(CCC1CCCC1)c1ccc(Cl)cc1Cl. The molecule has 1 aromatic rings. The van der Waals surface area contributed by atoms with Gasteiger partial charge in [0.05, 0.1) is 13.0 Å². The Bertz CT molecular complexity index is 468. The maximum Gasteiger partial charge on any atom is 0.313 e. The van der Waals surface area contributed by atoms with Crippen molar-refractivity contribution >= 4 is 29.2 Å². The molecule has 0 amide bonds. The van der Waals surface area contributed by atoms with Crippen molar-refractivity contribution in [2.24, 2.45) is 5.92 Å². The number of carbonyl (C=O) groups is 1. The average molecular weight is 315 g/mol. The van der Waals surface area contributed by atoms with Crippen molar-refractivity contribution in [2.75, 3.05) is 7.11 Å². The summed E-state index contributed by atoms with van der Waals surface area (Å²) in [5.41, 5.74) is 0.820. The minimum atomic E-state index is -0.287. The van der Waals surface area contributed by atoms with Crippen molar-refractivity contribution in [2.45, 2.75) is 44.4 Å². The molecule has 0 N–H and O–H groups in total. The van der Waals surface area contributed by atoms with E-state index in [2.05, 4.69) is 0 Å². The Morgan fingerprint density at radius 3 is 2.65 bits per heavy atom. The molecule has 0 spiro atoms. The molecule has 1 saturated carbocycles. The van der Waals surface area contributed by atoms with Crippen LogP contribution in [0, 0.1) is 5.92 Å². The Labute approximate surface area is 130 Å². The van der Waals surface area contributed by atoms with Gasteiger partial charge in [-0.25, -0.2) is 0 Å². The van der Waals surface area contributed by atoms with Gasteiger partial charge in [-0.05, 0) is 36.5 Å². The molecule has 0 bridgehead atoms. The normalized spacial score (nSPS) is 17.1. The van der Waals surface area contributed by atoms with Crippen molar-refractivity contribution in [3.63, 3.8) is 0 Å². The second kappa shape index (κ2) is 7.33. The van der Waals surface area contributed by atoms with E-state index in [-0.39, 0.29) is 11.9 Å². The van der Waals surface area contributed by atoms with Gasteiger partial charge in [0.25, 0.3) is 0 Å². The summed E-state index contributed by atoms with van der Waals surface area (Å²) in [5, 5.41) is 1.12. The first-order valence-corrected chi connectivity index (χ1v) is 7.90. The first-order chi connectivity index (χ1) is 9.61. The quantitative estimate of drug-likeness (QED) is 0.696. The Kier molecular flexibility index (Phi) is 5.74. The number of carbonyl (C=O) groups excluding carboxylic acids is 1. The van der Waals surface area contributed by atoms with Gasteiger partial charge in [-0.15, -0.1) is 0 Å². The summed E-state index contributed by atoms with van der Waals surface area (Å²) in [6, 6.07) is 5.29. The van der Waals surface area contributed by atoms with Crippen molar-refractivity contribution in [3.8, 4) is 0 Å². The van der Waals surface area contributed by atoms with E-state index in [1.165, 1.54) is 32.8 Å². The van der Waals surface area contributed by atoms with Crippen LogP contribution in [0.3, 0.4) is 0 Å². The number of methoxy groups -OCH3 is 1. The minimum Gasteiger partial charge on any atom is -0.469 e. The van der Waals surface area contributed by atoms with E-state index in [4.69, 9.17) is 27.9 Å². The fraction of sp³-hybridized carbons (Fsp3) is 0.562. The van der Waals surface area contributed by atoms with Gasteiger partial charge in [0.1, 0.15) is 0 Å². The molecule has 1 aromatic carbocycles. The van der Waals surface area contributed by atoms with Gasteiger partial charge in [-0.2, -0.15) is 0 Å². The average Bonchev–Trinajstić information content (AvgIpc) is 2.93. The number of hydrogen-bond acceptors (Lipinski definition) is 2. The summed E-state index contributed by atoms with van der Waals surface area (Å²) in [7, 11) is 1.43. The van der Waals surface area contributed by atoms with E-state index < -0.39 is 0 Å². The molecule has 4 heteroatoms. The number of ether oxygens (including phenoxy) is 1. The Morgan fingerprint density at radius 1 is 1.35 bits per heavy atom. The third-order valence-corrected chi connectivity index (χ3v) is 4.72. The highest BCUT2D eigenvalue weighted by molar-refractivity contribution is 6.35. The summed E-state index contributed by atoms with van der Waals surface area (Å²) in [5.74, 6) is 0.241. The van der Waals surface area contributed by atoms with E-state index in [0.717, 1.165) is 24.3 Å². The van der Waals surface area contributed by atoms with Crippen LogP contribution >= 0.6 is 23.2 Å². The predicted molar refractivity (Wildman–Crippen MR) is 82.4 cm³/mol. The molecule has 0 saturated heterocycles. The van der Waals surface area contributed by atoms with E-state index in [0.29, 0.717) is 10.0 Å². The molecule has 0 heterocycles. The van der Waals surface area contributed by atoms with Crippen molar-refractivity contribution in [3.05, 3.63) is 33.8 Å². The molecule has 110 valence electrons. The van der Waals surface area contributed by atoms with E-state index >= 15 is 0 Å². The molecule has 0 aliphatic heterocycles. The highest BCUT2D eigenvalue weighted by Gasteiger charge is 2.26. The number of halogens is 2. The zero-order chi connectivity index (χ0) is 14.5. The van der Waals surface area contributed by atoms with Gasteiger partial charge in [0, 0.05) is 10.0 Å². The third kappa shape index (κ3) is 3.89. The molecule has 2 rings (SSSR count). The van der Waals surface area contributed by atoms with Crippen molar-refractivity contribution in [1.82, 2.24) is 0 Å². The Balaban J connectivity index is 2.11. The van der Waals surface area contributed by atoms with E-state index in [1.54, 1.807) is 12.1 Å². The van der Waals surface area contributed by atoms with Gasteiger partial charge in [-0.1, -0.05) is 55.0 Å². The topological polar surface area (TPSA) is 26.3 Å². The maximum absolute atomic E-state index is 12.0. The van der Waals surface area contributed by atoms with Crippen LogP contribution in [-0.4, -0.2) is 13.1 Å². The highest BCUT2D eigenvalue weighted by Crippen LogP contribution is 2.35. The number of rotatable bonds is 5. The largest absolute Gasteiger partial charge is 0.469 e. The molecule has 2 nitrogen and oxygen atoms in total. The minimum absolute atomic E-state index is 0.216. The van der Waals surface area contributed by atoms with Crippen LogP contribution in [0.5, 0.6) is 0 Å². The predicted octanol–water partition coefficient (Wildman–Crippen LogP) is 5.22. The maximum atomic E-state index is 12.0. The van der Waals surface area contributed by atoms with Crippen LogP contribution in [0.4, 0.5) is 0 Å². The van der Waals surface area contributed by atoms with Crippen LogP contribution in [-0.2, 0) is 9.53 Å². The summed E-state index contributed by atoms with van der Waals surface area (Å²) in [6.07, 6.45) is 7.03. The zero-order valence-corrected chi connectivity index (χ0v) is 13.2. The van der Waals surface area contributed by atoms with E-state index in [9.17, 15) is 4.79 Å². The van der Waals surface area contributed by atoms with Gasteiger partial charge in [0.15, 0.2) is 0 Å². The second-order valence-corrected chi connectivity index (χ2v) is 6.31. The molecular weight excluding hydrogens is 295 g/mol. The summed E-state index contributed by atoms with van der Waals surface area (Å²) in [4.78, 5) is 12.0. The third-order valence-electron chi connectivity index (χ3n) is 4.16. The lowest BCUT2D eigenvalue weighted by molar-refractivity contribution is -0.142. The molecule has 1 aliphatic carbocycles. The summed E-state index contributed by atoms with van der Waals surface area (Å²) in [6.45, 7) is 0. The molecule has 20 heavy (non-hydrogen) atoms. The highest BCUT2D eigenvalue weighted by atomic mass is 35.5. The lowest BCUT2D eigenvalue weighted by atomic mass is 9.89. The summed E-state index contributed by atoms with van der Waals surface area (Å²) < 4.78 is 4.94. The number of esters is 1. The smallest absolute Gasteiger partial charge is 0.313 e. The van der Waals surface area contributed by atoms with Gasteiger partial charge >= 0.3 is 5.97 Å². The molecule has 1 aliphatic rings. The van der Waals surface area contributed by atoms with Crippen LogP contribution in [0.25, 0.3) is 0 Å². The lowest BCUT2D eigenvalue weighted by Crippen LogP contribution is -2.16. The zero-order valence-electron chi connectivity index (χ0n) is 11.7. The van der Waals surface area contributed by atoms with Crippen LogP contribution in [0.2, 0.25) is 10.0 Å². The van der Waals surface area contributed by atoms with Crippen molar-refractivity contribution in [1.29, 1.82) is 0 Å². The van der Waals surface area contributed by atoms with Crippen LogP contribution in [0.1, 0.15) is 50.0 Å². The second-order valence-electron chi connectivity index (χ2n) is 5.47. The fourth-order valence-corrected chi connectivity index (χ4v) is 3.57. The molecule has 0 aromatic heterocycles. The van der Waals surface area contributed by atoms with Gasteiger partial charge in [-0.3, -0.25) is 4.79 Å². The molecule has 0 radical (unpaired) electrons.